The first kappa shape index (κ1) is 16.2. The summed E-state index contributed by atoms with van der Waals surface area (Å²) in [5.74, 6) is -2.57. The molecule has 0 aliphatic carbocycles. The number of hydrogen-bond acceptors (Lipinski definition) is 6. The summed E-state index contributed by atoms with van der Waals surface area (Å²) in [6, 6.07) is 8.60. The maximum atomic E-state index is 12.0. The van der Waals surface area contributed by atoms with Crippen LogP contribution in [0.3, 0.4) is 0 Å². The van der Waals surface area contributed by atoms with Crippen molar-refractivity contribution in [3.63, 3.8) is 0 Å². The molecule has 5 N–H and O–H groups in total. The minimum absolute atomic E-state index is 0.0438. The van der Waals surface area contributed by atoms with E-state index in [1.54, 1.807) is 18.2 Å². The van der Waals surface area contributed by atoms with Crippen LogP contribution in [0.4, 0.5) is 0 Å². The second-order valence-electron chi connectivity index (χ2n) is 4.73. The minimum Gasteiger partial charge on any atom is -0.507 e. The molecule has 0 spiro atoms. The van der Waals surface area contributed by atoms with Gasteiger partial charge in [-0.15, -0.1) is 0 Å². The summed E-state index contributed by atoms with van der Waals surface area (Å²) in [5.41, 5.74) is 3.16. The van der Waals surface area contributed by atoms with Gasteiger partial charge in [-0.25, -0.2) is 5.43 Å². The zero-order valence-corrected chi connectivity index (χ0v) is 12.3. The number of nitrogens with zero attached hydrogens (tertiary/aromatic N) is 1. The lowest BCUT2D eigenvalue weighted by molar-refractivity contribution is 0.0954. The number of carbonyl (C=O) groups excluding carboxylic acids is 1. The van der Waals surface area contributed by atoms with Gasteiger partial charge in [0.15, 0.2) is 17.2 Å². The largest absolute Gasteiger partial charge is 0.507 e. The lowest BCUT2D eigenvalue weighted by Crippen LogP contribution is -2.20. The van der Waals surface area contributed by atoms with Crippen molar-refractivity contribution >= 4 is 11.6 Å². The van der Waals surface area contributed by atoms with E-state index in [9.17, 15) is 25.2 Å². The number of rotatable bonds is 4. The van der Waals surface area contributed by atoms with E-state index in [1.807, 2.05) is 6.92 Å². The molecule has 0 bridgehead atoms. The summed E-state index contributed by atoms with van der Waals surface area (Å²) in [7, 11) is 0. The van der Waals surface area contributed by atoms with Crippen LogP contribution in [0.15, 0.2) is 41.5 Å². The molecule has 0 aromatic heterocycles. The number of phenolic OH excluding ortho intramolecular Hbond substituents is 4. The van der Waals surface area contributed by atoms with E-state index in [-0.39, 0.29) is 11.3 Å². The smallest absolute Gasteiger partial charge is 0.271 e. The molecule has 0 unspecified atom stereocenters. The Labute approximate surface area is 132 Å². The third kappa shape index (κ3) is 3.52. The molecule has 0 heterocycles. The van der Waals surface area contributed by atoms with E-state index in [1.165, 1.54) is 6.07 Å². The summed E-state index contributed by atoms with van der Waals surface area (Å²) >= 11 is 0. The van der Waals surface area contributed by atoms with Crippen LogP contribution in [-0.4, -0.2) is 32.0 Å². The summed E-state index contributed by atoms with van der Waals surface area (Å²) in [4.78, 5) is 12.0. The van der Waals surface area contributed by atoms with Gasteiger partial charge in [-0.1, -0.05) is 19.1 Å². The molecule has 7 heteroatoms. The highest BCUT2D eigenvalue weighted by atomic mass is 16.3. The molecule has 120 valence electrons. The fraction of sp³-hybridized carbons (Fsp3) is 0.125. The quantitative estimate of drug-likeness (QED) is 0.336. The average Bonchev–Trinajstić information content (AvgIpc) is 2.54. The van der Waals surface area contributed by atoms with E-state index in [0.29, 0.717) is 17.7 Å². The van der Waals surface area contributed by atoms with E-state index < -0.39 is 23.2 Å². The lowest BCUT2D eigenvalue weighted by atomic mass is 10.1. The van der Waals surface area contributed by atoms with Crippen molar-refractivity contribution in [3.8, 4) is 23.0 Å². The predicted molar refractivity (Wildman–Crippen MR) is 83.8 cm³/mol. The maximum Gasteiger partial charge on any atom is 0.271 e. The van der Waals surface area contributed by atoms with Crippen LogP contribution in [-0.2, 0) is 0 Å². The highest BCUT2D eigenvalue weighted by molar-refractivity contribution is 6.04. The molecule has 2 aromatic rings. The second kappa shape index (κ2) is 6.69. The van der Waals surface area contributed by atoms with Gasteiger partial charge < -0.3 is 20.4 Å². The minimum atomic E-state index is -0.700. The Hall–Kier alpha value is -3.22. The number of phenols is 4. The first-order valence-corrected chi connectivity index (χ1v) is 6.84. The number of hydrogen-bond donors (Lipinski definition) is 5. The molecule has 0 aliphatic rings. The van der Waals surface area contributed by atoms with Gasteiger partial charge in [0.25, 0.3) is 5.91 Å². The van der Waals surface area contributed by atoms with Crippen molar-refractivity contribution in [1.29, 1.82) is 0 Å². The molecule has 7 nitrogen and oxygen atoms in total. The average molecular weight is 316 g/mol. The monoisotopic (exact) mass is 316 g/mol. The Kier molecular flexibility index (Phi) is 4.70. The van der Waals surface area contributed by atoms with Gasteiger partial charge in [0.1, 0.15) is 5.75 Å². The van der Waals surface area contributed by atoms with Gasteiger partial charge in [0.05, 0.1) is 5.71 Å². The van der Waals surface area contributed by atoms with Crippen LogP contribution in [0.25, 0.3) is 0 Å². The van der Waals surface area contributed by atoms with Gasteiger partial charge in [-0.3, -0.25) is 4.79 Å². The van der Waals surface area contributed by atoms with Crippen LogP contribution in [0.1, 0.15) is 29.3 Å². The third-order valence-electron chi connectivity index (χ3n) is 3.17. The van der Waals surface area contributed by atoms with Gasteiger partial charge in [0, 0.05) is 11.1 Å². The fourth-order valence-electron chi connectivity index (χ4n) is 1.97. The summed E-state index contributed by atoms with van der Waals surface area (Å²) in [6.07, 6.45) is 0.462. The van der Waals surface area contributed by atoms with Crippen molar-refractivity contribution in [2.45, 2.75) is 13.3 Å². The van der Waals surface area contributed by atoms with Crippen LogP contribution >= 0.6 is 0 Å². The van der Waals surface area contributed by atoms with E-state index in [2.05, 4.69) is 10.5 Å². The molecule has 2 rings (SSSR count). The molecule has 1 amide bonds. The fourth-order valence-corrected chi connectivity index (χ4v) is 1.97. The van der Waals surface area contributed by atoms with Crippen molar-refractivity contribution < 1.29 is 25.2 Å². The van der Waals surface area contributed by atoms with Crippen molar-refractivity contribution in [2.75, 3.05) is 0 Å². The second-order valence-corrected chi connectivity index (χ2v) is 4.73. The Bertz CT molecular complexity index is 748. The van der Waals surface area contributed by atoms with Crippen LogP contribution in [0.5, 0.6) is 23.0 Å². The first-order valence-electron chi connectivity index (χ1n) is 6.84. The van der Waals surface area contributed by atoms with Crippen molar-refractivity contribution in [2.24, 2.45) is 5.10 Å². The highest BCUT2D eigenvalue weighted by Gasteiger charge is 2.14. The number of hydrazone groups is 1. The Morgan fingerprint density at radius 3 is 2.22 bits per heavy atom. The summed E-state index contributed by atoms with van der Waals surface area (Å²) < 4.78 is 0. The molecule has 23 heavy (non-hydrogen) atoms. The Balaban J connectivity index is 2.24. The summed E-state index contributed by atoms with van der Waals surface area (Å²) in [6.45, 7) is 1.82. The zero-order valence-electron chi connectivity index (χ0n) is 12.3. The van der Waals surface area contributed by atoms with Crippen LogP contribution < -0.4 is 5.43 Å². The van der Waals surface area contributed by atoms with E-state index in [0.717, 1.165) is 12.1 Å². The maximum absolute atomic E-state index is 12.0. The SMILES string of the molecule is CCC(=NNC(=O)c1cc(O)c(O)c(O)c1)c1ccccc1O. The number of nitrogens with one attached hydrogen (secondary N) is 1. The molecule has 0 saturated carbocycles. The number of carbonyl (C=O) groups is 1. The molecule has 0 aliphatic heterocycles. The van der Waals surface area contributed by atoms with E-state index in [4.69, 9.17) is 0 Å². The standard InChI is InChI=1S/C16H16N2O5/c1-2-11(10-5-3-4-6-12(10)19)17-18-16(23)9-7-13(20)15(22)14(21)8-9/h3-8,19-22H,2H2,1H3,(H,18,23). The normalized spacial score (nSPS) is 11.3. The number of amides is 1. The molecular formula is C16H16N2O5. The molecule has 2 aromatic carbocycles. The van der Waals surface area contributed by atoms with Gasteiger partial charge >= 0.3 is 0 Å². The van der Waals surface area contributed by atoms with E-state index >= 15 is 0 Å². The molecule has 0 atom stereocenters. The molecule has 0 saturated heterocycles. The number of para-hydroxylation sites is 1. The first-order chi connectivity index (χ1) is 10.9. The van der Waals surface area contributed by atoms with Crippen LogP contribution in [0, 0.1) is 0 Å². The Morgan fingerprint density at radius 1 is 1.04 bits per heavy atom. The van der Waals surface area contributed by atoms with Gasteiger partial charge in [0.2, 0.25) is 0 Å². The third-order valence-corrected chi connectivity index (χ3v) is 3.17. The number of benzene rings is 2. The zero-order chi connectivity index (χ0) is 17.0. The highest BCUT2D eigenvalue weighted by Crippen LogP contribution is 2.35. The predicted octanol–water partition coefficient (Wildman–Crippen LogP) is 2.05. The molecular weight excluding hydrogens is 300 g/mol. The summed E-state index contributed by atoms with van der Waals surface area (Å²) in [5, 5.41) is 41.9. The number of aromatic hydroxyl groups is 4. The molecule has 0 fully saturated rings. The van der Waals surface area contributed by atoms with Crippen LogP contribution in [0.2, 0.25) is 0 Å². The van der Waals surface area contributed by atoms with Gasteiger partial charge in [-0.05, 0) is 30.7 Å². The van der Waals surface area contributed by atoms with Crippen molar-refractivity contribution in [3.05, 3.63) is 47.5 Å². The van der Waals surface area contributed by atoms with Gasteiger partial charge in [-0.2, -0.15) is 5.10 Å². The molecule has 0 radical (unpaired) electrons. The topological polar surface area (TPSA) is 122 Å². The lowest BCUT2D eigenvalue weighted by Gasteiger charge is -2.08. The van der Waals surface area contributed by atoms with Crippen molar-refractivity contribution in [1.82, 2.24) is 5.43 Å². The Morgan fingerprint density at radius 2 is 1.65 bits per heavy atom.